The van der Waals surface area contributed by atoms with Crippen molar-refractivity contribution < 1.29 is 22.3 Å². The number of para-hydroxylation sites is 1. The molecule has 0 saturated heterocycles. The summed E-state index contributed by atoms with van der Waals surface area (Å²) in [5, 5.41) is 7.10. The van der Waals surface area contributed by atoms with Crippen LogP contribution in [-0.2, 0) is 10.0 Å². The number of aliphatic imine (C=N–C) groups is 2. The Balaban J connectivity index is 2.18. The fourth-order valence-electron chi connectivity index (χ4n) is 3.52. The summed E-state index contributed by atoms with van der Waals surface area (Å²) in [4.78, 5) is 22.3. The number of aromatic nitrogens is 4. The largest absolute Gasteiger partial charge is 0.494 e. The highest BCUT2D eigenvalue weighted by atomic mass is 32.2. The lowest BCUT2D eigenvalue weighted by molar-refractivity contribution is 0.391. The van der Waals surface area contributed by atoms with Crippen LogP contribution < -0.4 is 19.8 Å². The molecule has 202 valence electrons. The first-order valence-corrected chi connectivity index (χ1v) is 12.8. The molecule has 0 amide bonds. The Labute approximate surface area is 219 Å². The number of nitrogens with one attached hydrogen (secondary N) is 2. The van der Waals surface area contributed by atoms with E-state index in [4.69, 9.17) is 9.47 Å². The molecule has 38 heavy (non-hydrogen) atoms. The summed E-state index contributed by atoms with van der Waals surface area (Å²) in [7, 11) is -1.28. The minimum absolute atomic E-state index is 0.0373. The Hall–Kier alpha value is -4.33. The van der Waals surface area contributed by atoms with Crippen molar-refractivity contribution in [1.82, 2.24) is 19.7 Å². The summed E-state index contributed by atoms with van der Waals surface area (Å²) in [5.41, 5.74) is 0.164. The molecule has 0 radical (unpaired) electrons. The van der Waals surface area contributed by atoms with Gasteiger partial charge in [-0.2, -0.15) is 0 Å². The number of ether oxygens (including phenoxy) is 2. The SMILES string of the molecule is C=N/C(=N\C=C(/C)F)[C@@H](C)[C@H](C)S(=O)(=O)Nc1nnc(-c2cccc(=O)[nH]2)n1-c1c(OC)cccc1OC. The summed E-state index contributed by atoms with van der Waals surface area (Å²) >= 11 is 0. The monoisotopic (exact) mass is 545 g/mol. The molecule has 0 aliphatic carbocycles. The maximum absolute atomic E-state index is 13.5. The van der Waals surface area contributed by atoms with Crippen LogP contribution in [-0.4, -0.2) is 60.2 Å². The van der Waals surface area contributed by atoms with Crippen molar-refractivity contribution in [3.8, 4) is 28.7 Å². The number of sulfonamides is 1. The van der Waals surface area contributed by atoms with Gasteiger partial charge in [0, 0.05) is 12.0 Å². The second-order valence-electron chi connectivity index (χ2n) is 8.12. The molecule has 0 bridgehead atoms. The molecular formula is C24H28FN7O5S. The summed E-state index contributed by atoms with van der Waals surface area (Å²) in [6.07, 6.45) is 0.935. The summed E-state index contributed by atoms with van der Waals surface area (Å²) in [5.74, 6) is -0.748. The Morgan fingerprint density at radius 3 is 2.34 bits per heavy atom. The smallest absolute Gasteiger partial charge is 0.248 e. The summed E-state index contributed by atoms with van der Waals surface area (Å²) < 4.78 is 55.0. The third-order valence-electron chi connectivity index (χ3n) is 5.67. The number of H-pyrrole nitrogens is 1. The highest BCUT2D eigenvalue weighted by Gasteiger charge is 2.32. The van der Waals surface area contributed by atoms with E-state index in [1.165, 1.54) is 44.8 Å². The van der Waals surface area contributed by atoms with Crippen molar-refractivity contribution in [2.24, 2.45) is 15.9 Å². The fourth-order valence-corrected chi connectivity index (χ4v) is 4.75. The highest BCUT2D eigenvalue weighted by molar-refractivity contribution is 7.93. The van der Waals surface area contributed by atoms with Gasteiger partial charge in [-0.3, -0.25) is 14.1 Å². The summed E-state index contributed by atoms with van der Waals surface area (Å²) in [6.45, 7) is 7.64. The van der Waals surface area contributed by atoms with Crippen LogP contribution in [0.3, 0.4) is 0 Å². The molecule has 0 saturated carbocycles. The lowest BCUT2D eigenvalue weighted by Gasteiger charge is -2.21. The van der Waals surface area contributed by atoms with Gasteiger partial charge in [0.05, 0.1) is 31.4 Å². The van der Waals surface area contributed by atoms with E-state index in [-0.39, 0.29) is 23.3 Å². The molecule has 3 rings (SSSR count). The molecule has 2 N–H and O–H groups in total. The van der Waals surface area contributed by atoms with E-state index < -0.39 is 32.6 Å². The lowest BCUT2D eigenvalue weighted by Crippen LogP contribution is -2.35. The van der Waals surface area contributed by atoms with Gasteiger partial charge >= 0.3 is 0 Å². The average molecular weight is 546 g/mol. The van der Waals surface area contributed by atoms with Gasteiger partial charge in [0.25, 0.3) is 0 Å². The Morgan fingerprint density at radius 1 is 1.16 bits per heavy atom. The van der Waals surface area contributed by atoms with Crippen molar-refractivity contribution >= 4 is 28.5 Å². The predicted octanol–water partition coefficient (Wildman–Crippen LogP) is 3.34. The molecule has 12 nitrogen and oxygen atoms in total. The number of aromatic amines is 1. The molecule has 2 atom stereocenters. The number of methoxy groups -OCH3 is 2. The van der Waals surface area contributed by atoms with Gasteiger partial charge < -0.3 is 14.5 Å². The van der Waals surface area contributed by atoms with E-state index in [2.05, 4.69) is 36.6 Å². The Bertz CT molecular complexity index is 1520. The van der Waals surface area contributed by atoms with Gasteiger partial charge in [-0.05, 0) is 38.8 Å². The number of amidine groups is 1. The van der Waals surface area contributed by atoms with Crippen LogP contribution in [0.15, 0.2) is 63.2 Å². The first-order valence-electron chi connectivity index (χ1n) is 11.3. The molecule has 2 heterocycles. The van der Waals surface area contributed by atoms with Gasteiger partial charge in [-0.15, -0.1) is 10.2 Å². The molecule has 0 unspecified atom stereocenters. The van der Waals surface area contributed by atoms with Gasteiger partial charge in [-0.1, -0.05) is 19.1 Å². The second-order valence-corrected chi connectivity index (χ2v) is 10.2. The van der Waals surface area contributed by atoms with Crippen molar-refractivity contribution in [1.29, 1.82) is 0 Å². The number of halogens is 1. The number of anilines is 1. The molecule has 2 aromatic heterocycles. The molecule has 14 heteroatoms. The van der Waals surface area contributed by atoms with Gasteiger partial charge in [-0.25, -0.2) is 22.8 Å². The van der Waals surface area contributed by atoms with Crippen molar-refractivity contribution in [3.05, 3.63) is 58.8 Å². The number of hydrogen-bond acceptors (Lipinski definition) is 8. The standard InChI is InChI=1S/C24H28FN7O5S/c1-14(25)13-27-22(26-4)15(2)16(3)38(34,35)31-24-30-29-23(17-9-7-12-20(33)28-17)32(24)21-18(36-5)10-8-11-19(21)37-6/h7-13,15-16H,4H2,1-3,5-6H3,(H,28,33)(H,30,31)/b14-13+,27-22-/t15-,16-/m0/s1. The summed E-state index contributed by atoms with van der Waals surface area (Å²) in [6, 6.07) is 9.43. The van der Waals surface area contributed by atoms with E-state index in [0.29, 0.717) is 17.2 Å². The van der Waals surface area contributed by atoms with Gasteiger partial charge in [0.15, 0.2) is 5.82 Å². The molecule has 1 aromatic carbocycles. The van der Waals surface area contributed by atoms with E-state index in [0.717, 1.165) is 6.20 Å². The Kier molecular flexibility index (Phi) is 8.78. The molecule has 0 spiro atoms. The molecular weight excluding hydrogens is 517 g/mol. The quantitative estimate of drug-likeness (QED) is 0.293. The minimum atomic E-state index is -4.16. The van der Waals surface area contributed by atoms with E-state index >= 15 is 0 Å². The zero-order chi connectivity index (χ0) is 28.0. The van der Waals surface area contributed by atoms with Gasteiger partial charge in [0.2, 0.25) is 21.5 Å². The van der Waals surface area contributed by atoms with Crippen LogP contribution in [0.4, 0.5) is 10.3 Å². The van der Waals surface area contributed by atoms with Crippen LogP contribution in [0.1, 0.15) is 20.8 Å². The highest BCUT2D eigenvalue weighted by Crippen LogP contribution is 2.37. The topological polar surface area (TPSA) is 153 Å². The third kappa shape index (κ3) is 5.96. The predicted molar refractivity (Wildman–Crippen MR) is 144 cm³/mol. The van der Waals surface area contributed by atoms with E-state index in [1.807, 2.05) is 0 Å². The minimum Gasteiger partial charge on any atom is -0.494 e. The maximum atomic E-state index is 13.5. The van der Waals surface area contributed by atoms with Crippen LogP contribution in [0.25, 0.3) is 17.2 Å². The van der Waals surface area contributed by atoms with Crippen molar-refractivity contribution in [2.75, 3.05) is 18.9 Å². The first-order chi connectivity index (χ1) is 18.0. The zero-order valence-corrected chi connectivity index (χ0v) is 22.3. The van der Waals surface area contributed by atoms with Crippen molar-refractivity contribution in [2.45, 2.75) is 26.0 Å². The van der Waals surface area contributed by atoms with Crippen LogP contribution >= 0.6 is 0 Å². The maximum Gasteiger partial charge on any atom is 0.248 e. The normalized spacial score (nSPS) is 14.1. The molecule has 3 aromatic rings. The lowest BCUT2D eigenvalue weighted by atomic mass is 10.1. The Morgan fingerprint density at radius 2 is 1.79 bits per heavy atom. The van der Waals surface area contributed by atoms with Crippen LogP contribution in [0, 0.1) is 5.92 Å². The van der Waals surface area contributed by atoms with Crippen LogP contribution in [0.5, 0.6) is 11.5 Å². The zero-order valence-electron chi connectivity index (χ0n) is 21.5. The molecule has 0 aliphatic heterocycles. The van der Waals surface area contributed by atoms with Gasteiger partial charge in [0.1, 0.15) is 28.8 Å². The number of hydrogen-bond donors (Lipinski definition) is 2. The number of allylic oxidation sites excluding steroid dienone is 1. The number of pyridine rings is 1. The van der Waals surface area contributed by atoms with Crippen molar-refractivity contribution in [3.63, 3.8) is 0 Å². The number of benzene rings is 1. The average Bonchev–Trinajstić information content (AvgIpc) is 3.29. The third-order valence-corrected chi connectivity index (χ3v) is 7.52. The van der Waals surface area contributed by atoms with Crippen LogP contribution in [0.2, 0.25) is 0 Å². The fraction of sp³-hybridized carbons (Fsp3) is 0.292. The van der Waals surface area contributed by atoms with E-state index in [9.17, 15) is 17.6 Å². The molecule has 0 fully saturated rings. The molecule has 0 aliphatic rings. The number of nitrogens with zero attached hydrogens (tertiary/aromatic N) is 5. The number of rotatable bonds is 10. The van der Waals surface area contributed by atoms with E-state index in [1.54, 1.807) is 31.2 Å². The second kappa shape index (κ2) is 11.8. The first kappa shape index (κ1) is 28.2.